The minimum atomic E-state index is -4.45. The number of hydrogen-bond acceptors (Lipinski definition) is 5. The Hall–Kier alpha value is -2.10. The van der Waals surface area contributed by atoms with Gasteiger partial charge in [0.25, 0.3) is 5.91 Å². The molecule has 150 valence electrons. The summed E-state index contributed by atoms with van der Waals surface area (Å²) >= 11 is 8.66. The van der Waals surface area contributed by atoms with Crippen LogP contribution in [-0.2, 0) is 11.0 Å². The van der Waals surface area contributed by atoms with E-state index in [1.807, 2.05) is 24.1 Å². The maximum Gasteiger partial charge on any atom is 0.416 e. The molecule has 0 N–H and O–H groups in total. The highest BCUT2D eigenvalue weighted by Gasteiger charge is 2.37. The van der Waals surface area contributed by atoms with Crippen molar-refractivity contribution in [3.05, 3.63) is 63.0 Å². The third-order valence-electron chi connectivity index (χ3n) is 4.37. The molecule has 29 heavy (non-hydrogen) atoms. The SMILES string of the molecule is CN1C(=O)C(=C2Sc3ccc(Cl)cc3N2C)SC1=Nc1cccc(C(F)(F)F)c1. The second-order valence-corrected chi connectivity index (χ2v) is 8.76. The zero-order valence-corrected chi connectivity index (χ0v) is 17.5. The van der Waals surface area contributed by atoms with Crippen LogP contribution in [0.15, 0.2) is 62.3 Å². The molecule has 10 heteroatoms. The summed E-state index contributed by atoms with van der Waals surface area (Å²) in [7, 11) is 3.40. The van der Waals surface area contributed by atoms with E-state index >= 15 is 0 Å². The fraction of sp³-hybridized carbons (Fsp3) is 0.158. The van der Waals surface area contributed by atoms with Crippen molar-refractivity contribution in [1.82, 2.24) is 4.90 Å². The van der Waals surface area contributed by atoms with Crippen molar-refractivity contribution in [2.24, 2.45) is 4.99 Å². The van der Waals surface area contributed by atoms with Crippen molar-refractivity contribution >= 4 is 57.6 Å². The molecule has 2 aliphatic rings. The molecule has 1 amide bonds. The third-order valence-corrected chi connectivity index (χ3v) is 7.09. The number of nitrogens with zero attached hydrogens (tertiary/aromatic N) is 3. The van der Waals surface area contributed by atoms with E-state index in [0.29, 0.717) is 15.1 Å². The normalized spacial score (nSPS) is 20.8. The van der Waals surface area contributed by atoms with Crippen LogP contribution >= 0.6 is 35.1 Å². The number of thioether (sulfide) groups is 2. The van der Waals surface area contributed by atoms with Crippen LogP contribution in [-0.4, -0.2) is 30.1 Å². The van der Waals surface area contributed by atoms with Gasteiger partial charge in [-0.05, 0) is 48.2 Å². The summed E-state index contributed by atoms with van der Waals surface area (Å²) in [4.78, 5) is 21.7. The summed E-state index contributed by atoms with van der Waals surface area (Å²) in [6.07, 6.45) is -4.45. The minimum Gasteiger partial charge on any atom is -0.337 e. The summed E-state index contributed by atoms with van der Waals surface area (Å²) < 4.78 is 38.8. The van der Waals surface area contributed by atoms with E-state index in [0.717, 1.165) is 39.5 Å². The summed E-state index contributed by atoms with van der Waals surface area (Å²) in [6.45, 7) is 0. The summed E-state index contributed by atoms with van der Waals surface area (Å²) in [5, 5.41) is 1.65. The molecule has 2 aromatic rings. The van der Waals surface area contributed by atoms with Crippen molar-refractivity contribution in [2.45, 2.75) is 11.1 Å². The lowest BCUT2D eigenvalue weighted by atomic mass is 10.2. The summed E-state index contributed by atoms with van der Waals surface area (Å²) in [5.74, 6) is -0.256. The molecule has 0 unspecified atom stereocenters. The predicted molar refractivity (Wildman–Crippen MR) is 112 cm³/mol. The smallest absolute Gasteiger partial charge is 0.337 e. The highest BCUT2D eigenvalue weighted by molar-refractivity contribution is 8.19. The zero-order chi connectivity index (χ0) is 20.9. The molecule has 1 saturated heterocycles. The van der Waals surface area contributed by atoms with Gasteiger partial charge < -0.3 is 4.90 Å². The number of halogens is 4. The minimum absolute atomic E-state index is 0.135. The topological polar surface area (TPSA) is 35.9 Å². The number of fused-ring (bicyclic) bond motifs is 1. The Morgan fingerprint density at radius 3 is 2.52 bits per heavy atom. The van der Waals surface area contributed by atoms with Crippen molar-refractivity contribution in [2.75, 3.05) is 19.0 Å². The number of benzene rings is 2. The molecule has 1 fully saturated rings. The van der Waals surface area contributed by atoms with Crippen molar-refractivity contribution in [3.8, 4) is 0 Å². The number of aliphatic imine (C=N–C) groups is 1. The van der Waals surface area contributed by atoms with Gasteiger partial charge in [0, 0.05) is 24.0 Å². The lowest BCUT2D eigenvalue weighted by Crippen LogP contribution is -2.24. The first-order chi connectivity index (χ1) is 13.6. The highest BCUT2D eigenvalue weighted by atomic mass is 35.5. The monoisotopic (exact) mass is 455 g/mol. The zero-order valence-electron chi connectivity index (χ0n) is 15.1. The molecule has 0 aliphatic carbocycles. The van der Waals surface area contributed by atoms with Crippen LogP contribution in [0, 0.1) is 0 Å². The molecule has 0 atom stereocenters. The van der Waals surface area contributed by atoms with Gasteiger partial charge in [0.15, 0.2) is 5.17 Å². The Morgan fingerprint density at radius 2 is 1.79 bits per heavy atom. The molecule has 0 radical (unpaired) electrons. The number of amidine groups is 1. The number of carbonyl (C=O) groups is 1. The van der Waals surface area contributed by atoms with Gasteiger partial charge in [-0.15, -0.1) is 0 Å². The fourth-order valence-electron chi connectivity index (χ4n) is 2.86. The first-order valence-electron chi connectivity index (χ1n) is 8.32. The lowest BCUT2D eigenvalue weighted by molar-refractivity contribution is -0.137. The molecule has 2 heterocycles. The molecule has 2 aliphatic heterocycles. The number of carbonyl (C=O) groups excluding carboxylic acids is 1. The van der Waals surface area contributed by atoms with Crippen LogP contribution in [0.4, 0.5) is 24.5 Å². The largest absolute Gasteiger partial charge is 0.416 e. The van der Waals surface area contributed by atoms with Gasteiger partial charge in [-0.2, -0.15) is 13.2 Å². The molecular formula is C19H13ClF3N3OS2. The summed E-state index contributed by atoms with van der Waals surface area (Å²) in [5.41, 5.74) is 0.244. The van der Waals surface area contributed by atoms with Gasteiger partial charge in [0.1, 0.15) is 4.91 Å². The van der Waals surface area contributed by atoms with Gasteiger partial charge in [-0.25, -0.2) is 4.99 Å². The van der Waals surface area contributed by atoms with E-state index in [9.17, 15) is 18.0 Å². The maximum absolute atomic E-state index is 12.9. The van der Waals surface area contributed by atoms with E-state index < -0.39 is 11.7 Å². The average Bonchev–Trinajstić information content (AvgIpc) is 3.13. The van der Waals surface area contributed by atoms with E-state index in [-0.39, 0.29) is 11.6 Å². The number of hydrogen-bond donors (Lipinski definition) is 0. The van der Waals surface area contributed by atoms with Gasteiger partial charge >= 0.3 is 6.18 Å². The fourth-order valence-corrected chi connectivity index (χ4v) is 5.34. The first kappa shape index (κ1) is 20.2. The Kier molecular flexibility index (Phi) is 5.08. The number of likely N-dealkylation sites (N-methyl/N-ethyl adjacent to an activating group) is 1. The molecule has 2 aromatic carbocycles. The maximum atomic E-state index is 12.9. The van der Waals surface area contributed by atoms with E-state index in [4.69, 9.17) is 11.6 Å². The molecule has 0 saturated carbocycles. The Balaban J connectivity index is 1.68. The number of rotatable bonds is 1. The second-order valence-electron chi connectivity index (χ2n) is 6.32. The standard InChI is InChI=1S/C19H13ClF3N3OS2/c1-25-13-9-11(20)6-7-14(13)28-17(25)15-16(27)26(2)18(29-15)24-12-5-3-4-10(8-12)19(21,22)23/h3-9H,1-2H3. The van der Waals surface area contributed by atoms with Crippen molar-refractivity contribution in [1.29, 1.82) is 0 Å². The van der Waals surface area contributed by atoms with Crippen molar-refractivity contribution < 1.29 is 18.0 Å². The third kappa shape index (κ3) is 3.74. The van der Waals surface area contributed by atoms with Gasteiger partial charge in [0.2, 0.25) is 0 Å². The van der Waals surface area contributed by atoms with Crippen molar-refractivity contribution in [3.63, 3.8) is 0 Å². The number of alkyl halides is 3. The average molecular weight is 456 g/mol. The first-order valence-corrected chi connectivity index (χ1v) is 10.3. The predicted octanol–water partition coefficient (Wildman–Crippen LogP) is 5.96. The molecule has 0 bridgehead atoms. The van der Waals surface area contributed by atoms with Crippen LogP contribution < -0.4 is 4.90 Å². The van der Waals surface area contributed by atoms with E-state index in [1.165, 1.54) is 28.8 Å². The Bertz CT molecular complexity index is 1080. The number of amides is 1. The molecular weight excluding hydrogens is 443 g/mol. The Morgan fingerprint density at radius 1 is 1.03 bits per heavy atom. The quantitative estimate of drug-likeness (QED) is 0.497. The van der Waals surface area contributed by atoms with Crippen LogP contribution in [0.2, 0.25) is 5.02 Å². The summed E-state index contributed by atoms with van der Waals surface area (Å²) in [6, 6.07) is 10.2. The van der Waals surface area contributed by atoms with Crippen LogP contribution in [0.1, 0.15) is 5.56 Å². The lowest BCUT2D eigenvalue weighted by Gasteiger charge is -2.14. The molecule has 0 aromatic heterocycles. The second kappa shape index (κ2) is 7.30. The van der Waals surface area contributed by atoms with Crippen LogP contribution in [0.3, 0.4) is 0 Å². The van der Waals surface area contributed by atoms with Crippen LogP contribution in [0.5, 0.6) is 0 Å². The van der Waals surface area contributed by atoms with Gasteiger partial charge in [-0.1, -0.05) is 29.4 Å². The van der Waals surface area contributed by atoms with Crippen LogP contribution in [0.25, 0.3) is 0 Å². The molecule has 4 nitrogen and oxygen atoms in total. The highest BCUT2D eigenvalue weighted by Crippen LogP contribution is 2.50. The van der Waals surface area contributed by atoms with Gasteiger partial charge in [0.05, 0.1) is 22.0 Å². The number of anilines is 1. The van der Waals surface area contributed by atoms with Gasteiger partial charge in [-0.3, -0.25) is 9.69 Å². The van der Waals surface area contributed by atoms with E-state index in [1.54, 1.807) is 13.1 Å². The Labute approximate surface area is 178 Å². The van der Waals surface area contributed by atoms with E-state index in [2.05, 4.69) is 4.99 Å². The molecule has 0 spiro atoms. The molecule has 4 rings (SSSR count).